The van der Waals surface area contributed by atoms with E-state index in [1.165, 1.54) is 45.1 Å². The quantitative estimate of drug-likeness (QED) is 0.234. The Bertz CT molecular complexity index is 1110. The van der Waals surface area contributed by atoms with E-state index in [0.717, 1.165) is 12.3 Å². The van der Waals surface area contributed by atoms with E-state index in [1.54, 1.807) is 0 Å². The maximum Gasteiger partial charge on any atom is 4.00 e. The van der Waals surface area contributed by atoms with Crippen molar-refractivity contribution in [2.24, 2.45) is 5.92 Å². The van der Waals surface area contributed by atoms with Gasteiger partial charge >= 0.3 is 26.2 Å². The molecule has 4 aromatic carbocycles. The summed E-state index contributed by atoms with van der Waals surface area (Å²) in [5, 5.41) is 6.89. The van der Waals surface area contributed by atoms with Crippen LogP contribution in [0.3, 0.4) is 0 Å². The van der Waals surface area contributed by atoms with Gasteiger partial charge in [-0.3, -0.25) is 6.08 Å². The van der Waals surface area contributed by atoms with Gasteiger partial charge in [0.25, 0.3) is 0 Å². The van der Waals surface area contributed by atoms with Gasteiger partial charge in [-0.1, -0.05) is 92.9 Å². The van der Waals surface area contributed by atoms with Crippen LogP contribution in [0.4, 0.5) is 0 Å². The first kappa shape index (κ1) is 31.7. The predicted octanol–water partition coefficient (Wildman–Crippen LogP) is 1.43. The summed E-state index contributed by atoms with van der Waals surface area (Å²) in [6.07, 6.45) is 11.3. The van der Waals surface area contributed by atoms with Crippen LogP contribution in [0.1, 0.15) is 33.1 Å². The average Bonchev–Trinajstić information content (AvgIpc) is 3.52. The van der Waals surface area contributed by atoms with Crippen LogP contribution in [-0.4, -0.2) is 0 Å². The van der Waals surface area contributed by atoms with Gasteiger partial charge in [-0.2, -0.15) is 12.1 Å². The Labute approximate surface area is 244 Å². The van der Waals surface area contributed by atoms with Crippen LogP contribution in [-0.2, 0) is 26.2 Å². The van der Waals surface area contributed by atoms with E-state index < -0.39 is 7.92 Å². The second kappa shape index (κ2) is 16.4. The number of rotatable bonds is 6. The zero-order chi connectivity index (χ0) is 22.2. The van der Waals surface area contributed by atoms with E-state index in [4.69, 9.17) is 0 Å². The summed E-state index contributed by atoms with van der Waals surface area (Å²) in [6.45, 7) is 4.51. The first-order valence-electron chi connectivity index (χ1n) is 11.6. The third kappa shape index (κ3) is 8.62. The molecule has 0 nitrogen and oxygen atoms in total. The van der Waals surface area contributed by atoms with E-state index in [-0.39, 0.29) is 51.0 Å². The number of allylic oxidation sites excluding steroid dienone is 4. The molecule has 0 spiro atoms. The van der Waals surface area contributed by atoms with Crippen molar-refractivity contribution in [3.05, 3.63) is 121 Å². The Balaban J connectivity index is 0.000000407. The fraction of sp³-hybridized carbons (Fsp3) is 0.194. The van der Waals surface area contributed by atoms with Crippen molar-refractivity contribution in [1.29, 1.82) is 0 Å². The molecular formula is C31H31Cl2PZr. The van der Waals surface area contributed by atoms with Crippen molar-refractivity contribution in [1.82, 2.24) is 0 Å². The molecule has 4 aromatic rings. The van der Waals surface area contributed by atoms with Crippen LogP contribution in [0.2, 0.25) is 0 Å². The second-order valence-electron chi connectivity index (χ2n) is 8.28. The molecule has 0 aliphatic heterocycles. The van der Waals surface area contributed by atoms with Gasteiger partial charge < -0.3 is 24.8 Å². The van der Waals surface area contributed by atoms with Crippen molar-refractivity contribution < 1.29 is 51.0 Å². The van der Waals surface area contributed by atoms with E-state index >= 15 is 0 Å². The van der Waals surface area contributed by atoms with Crippen molar-refractivity contribution in [2.45, 2.75) is 33.1 Å². The zero-order valence-electron chi connectivity index (χ0n) is 20.3. The first-order chi connectivity index (χ1) is 15.8. The Hall–Kier alpha value is -1.36. The molecule has 0 heterocycles. The van der Waals surface area contributed by atoms with Crippen molar-refractivity contribution in [2.75, 3.05) is 0 Å². The van der Waals surface area contributed by atoms with Gasteiger partial charge in [0.1, 0.15) is 0 Å². The van der Waals surface area contributed by atoms with E-state index in [0.29, 0.717) is 0 Å². The third-order valence-electron chi connectivity index (χ3n) is 5.86. The van der Waals surface area contributed by atoms with E-state index in [1.807, 2.05) is 0 Å². The van der Waals surface area contributed by atoms with Crippen LogP contribution in [0, 0.1) is 12.0 Å². The minimum atomic E-state index is -0.493. The van der Waals surface area contributed by atoms with Gasteiger partial charge in [-0.15, -0.1) is 46.8 Å². The molecule has 1 aliphatic carbocycles. The van der Waals surface area contributed by atoms with Crippen LogP contribution in [0.25, 0.3) is 10.8 Å². The standard InChI is InChI=1S/C21H16P.C10H15.2ClH.Zr/c1-3-11-19(12-4-1)22(20-13-5-2-6-14-20)21-15-17-9-7-8-10-18(17)16-21;1-3-6-9(2)10-7-4-5-8-10;;;/h1-16H;4,7,9H,3,5-6H2,1-2H3;2*1H;/q2*-1;;;+4/p-2. The molecule has 5 rings (SSSR count). The average molecular weight is 597 g/mol. The number of hydrogen-bond acceptors (Lipinski definition) is 0. The summed E-state index contributed by atoms with van der Waals surface area (Å²) in [4.78, 5) is 0. The fourth-order valence-corrected chi connectivity index (χ4v) is 6.58. The molecule has 0 fully saturated rings. The molecule has 0 saturated carbocycles. The van der Waals surface area contributed by atoms with Gasteiger partial charge in [0.15, 0.2) is 0 Å². The molecule has 0 aromatic heterocycles. The number of hydrogen-bond donors (Lipinski definition) is 0. The molecule has 1 aliphatic rings. The molecule has 0 bridgehead atoms. The molecule has 0 radical (unpaired) electrons. The molecule has 0 N–H and O–H groups in total. The van der Waals surface area contributed by atoms with E-state index in [9.17, 15) is 0 Å². The molecule has 1 atom stereocenters. The van der Waals surface area contributed by atoms with Gasteiger partial charge in [0.05, 0.1) is 0 Å². The van der Waals surface area contributed by atoms with Crippen molar-refractivity contribution in [3.8, 4) is 0 Å². The Morgan fingerprint density at radius 1 is 0.857 bits per heavy atom. The molecule has 1 unspecified atom stereocenters. The molecular weight excluding hydrogens is 565 g/mol. The normalized spacial score (nSPS) is 12.5. The molecule has 4 heteroatoms. The Morgan fingerprint density at radius 2 is 1.43 bits per heavy atom. The second-order valence-corrected chi connectivity index (χ2v) is 10.5. The maximum atomic E-state index is 3.35. The van der Waals surface area contributed by atoms with Gasteiger partial charge in [-0.05, 0) is 25.0 Å². The Kier molecular flexibility index (Phi) is 14.8. The number of halogens is 2. The topological polar surface area (TPSA) is 0 Å². The first-order valence-corrected chi connectivity index (χ1v) is 12.9. The number of benzene rings is 3. The smallest absolute Gasteiger partial charge is 1.00 e. The minimum Gasteiger partial charge on any atom is -1.00 e. The third-order valence-corrected chi connectivity index (χ3v) is 8.27. The molecule has 35 heavy (non-hydrogen) atoms. The largest absolute Gasteiger partial charge is 4.00 e. The summed E-state index contributed by atoms with van der Waals surface area (Å²) >= 11 is 0. The summed E-state index contributed by atoms with van der Waals surface area (Å²) in [6, 6.07) is 35.0. The van der Waals surface area contributed by atoms with Crippen LogP contribution < -0.4 is 40.7 Å². The van der Waals surface area contributed by atoms with Crippen LogP contribution in [0.15, 0.2) is 115 Å². The zero-order valence-corrected chi connectivity index (χ0v) is 25.2. The summed E-state index contributed by atoms with van der Waals surface area (Å²) in [7, 11) is -0.493. The SMILES string of the molecule is CCCC(C)C1=[C-]CC=C1.[Cl-].[Cl-].[Zr+4].c1ccc(P(c2ccccc2)c2cc3ccccc3[cH-]2)cc1. The summed E-state index contributed by atoms with van der Waals surface area (Å²) < 4.78 is 0. The van der Waals surface area contributed by atoms with Crippen molar-refractivity contribution >= 4 is 34.6 Å². The molecule has 0 amide bonds. The summed E-state index contributed by atoms with van der Waals surface area (Å²) in [5.74, 6) is 0.726. The minimum absolute atomic E-state index is 0. The monoisotopic (exact) mass is 594 g/mol. The van der Waals surface area contributed by atoms with Gasteiger partial charge in [0.2, 0.25) is 0 Å². The van der Waals surface area contributed by atoms with Crippen molar-refractivity contribution in [3.63, 3.8) is 0 Å². The van der Waals surface area contributed by atoms with Crippen LogP contribution >= 0.6 is 7.92 Å². The molecule has 0 saturated heterocycles. The van der Waals surface area contributed by atoms with Crippen LogP contribution in [0.5, 0.6) is 0 Å². The van der Waals surface area contributed by atoms with Gasteiger partial charge in [0, 0.05) is 0 Å². The van der Waals surface area contributed by atoms with E-state index in [2.05, 4.69) is 129 Å². The summed E-state index contributed by atoms with van der Waals surface area (Å²) in [5.41, 5.74) is 1.42. The number of fused-ring (bicyclic) bond motifs is 1. The molecule has 178 valence electrons. The Morgan fingerprint density at radius 3 is 1.94 bits per heavy atom. The maximum absolute atomic E-state index is 3.35. The predicted molar refractivity (Wildman–Crippen MR) is 143 cm³/mol. The fourth-order valence-electron chi connectivity index (χ4n) is 4.21. The van der Waals surface area contributed by atoms with Gasteiger partial charge in [-0.25, -0.2) is 11.6 Å².